The molecule has 0 radical (unpaired) electrons. The minimum absolute atomic E-state index is 0.113. The first kappa shape index (κ1) is 19.5. The van der Waals surface area contributed by atoms with Crippen LogP contribution < -0.4 is 4.90 Å². The first-order valence-corrected chi connectivity index (χ1v) is 9.18. The van der Waals surface area contributed by atoms with Crippen LogP contribution >= 0.6 is 23.2 Å². The van der Waals surface area contributed by atoms with E-state index in [1.807, 2.05) is 30.1 Å². The zero-order chi connectivity index (χ0) is 19.8. The van der Waals surface area contributed by atoms with Gasteiger partial charge in [0.25, 0.3) is 0 Å². The van der Waals surface area contributed by atoms with Crippen LogP contribution in [0.2, 0.25) is 10.0 Å². The van der Waals surface area contributed by atoms with Gasteiger partial charge < -0.3 is 9.64 Å². The van der Waals surface area contributed by atoms with Crippen molar-refractivity contribution in [1.29, 1.82) is 0 Å². The van der Waals surface area contributed by atoms with Crippen LogP contribution in [0.15, 0.2) is 54.2 Å². The number of ketones is 1. The number of benzene rings is 2. The summed E-state index contributed by atoms with van der Waals surface area (Å²) in [5.41, 5.74) is 2.88. The average Bonchev–Trinajstić information content (AvgIpc) is 2.83. The second-order valence-electron chi connectivity index (χ2n) is 6.87. The van der Waals surface area contributed by atoms with Crippen LogP contribution in [0, 0.1) is 0 Å². The smallest absolute Gasteiger partial charge is 0.340 e. The number of esters is 1. The van der Waals surface area contributed by atoms with Gasteiger partial charge in [0.15, 0.2) is 12.4 Å². The highest BCUT2D eigenvalue weighted by Crippen LogP contribution is 2.46. The molecule has 2 aromatic carbocycles. The number of para-hydroxylation sites is 1. The number of allylic oxidation sites excluding steroid dienone is 1. The van der Waals surface area contributed by atoms with Crippen LogP contribution in [0.5, 0.6) is 0 Å². The van der Waals surface area contributed by atoms with Crippen LogP contribution in [0.4, 0.5) is 5.69 Å². The molecule has 1 aliphatic rings. The van der Waals surface area contributed by atoms with Gasteiger partial charge in [-0.15, -0.1) is 0 Å². The molecule has 1 aliphatic heterocycles. The summed E-state index contributed by atoms with van der Waals surface area (Å²) in [4.78, 5) is 26.6. The first-order chi connectivity index (χ1) is 12.7. The summed E-state index contributed by atoms with van der Waals surface area (Å²) in [5.74, 6) is -0.985. The molecule has 3 rings (SSSR count). The third-order valence-electron chi connectivity index (χ3n) is 4.76. The summed E-state index contributed by atoms with van der Waals surface area (Å²) in [6.07, 6.45) is 1.53. The molecule has 0 saturated heterocycles. The van der Waals surface area contributed by atoms with Crippen LogP contribution in [-0.4, -0.2) is 25.4 Å². The quantitative estimate of drug-likeness (QED) is 0.530. The molecule has 0 atom stereocenters. The van der Waals surface area contributed by atoms with Crippen molar-refractivity contribution < 1.29 is 14.3 Å². The van der Waals surface area contributed by atoms with E-state index in [-0.39, 0.29) is 33.4 Å². The second kappa shape index (κ2) is 7.37. The van der Waals surface area contributed by atoms with Crippen molar-refractivity contribution in [1.82, 2.24) is 0 Å². The monoisotopic (exact) mass is 403 g/mol. The predicted octanol–water partition coefficient (Wildman–Crippen LogP) is 5.03. The lowest BCUT2D eigenvalue weighted by molar-refractivity contribution is -0.117. The third-order valence-corrected chi connectivity index (χ3v) is 5.57. The molecule has 0 fully saturated rings. The SMILES string of the molecule is CN1C(=CC(=O)COC(=O)c2cccc(Cl)c2Cl)C(C)(C)c2ccccc21. The fraction of sp³-hybridized carbons (Fsp3) is 0.238. The van der Waals surface area contributed by atoms with Gasteiger partial charge in [-0.3, -0.25) is 4.79 Å². The Morgan fingerprint density at radius 2 is 1.81 bits per heavy atom. The minimum atomic E-state index is -0.684. The summed E-state index contributed by atoms with van der Waals surface area (Å²) in [6.45, 7) is 3.75. The van der Waals surface area contributed by atoms with Crippen LogP contribution in [0.1, 0.15) is 29.8 Å². The topological polar surface area (TPSA) is 46.6 Å². The lowest BCUT2D eigenvalue weighted by Crippen LogP contribution is -2.25. The Morgan fingerprint density at radius 1 is 1.11 bits per heavy atom. The third kappa shape index (κ3) is 3.60. The van der Waals surface area contributed by atoms with E-state index < -0.39 is 5.97 Å². The number of ether oxygens (including phenoxy) is 1. The molecule has 0 spiro atoms. The molecular formula is C21H19Cl2NO3. The Kier molecular flexibility index (Phi) is 5.31. The Labute approximate surface area is 168 Å². The van der Waals surface area contributed by atoms with Gasteiger partial charge in [0.05, 0.1) is 15.6 Å². The van der Waals surface area contributed by atoms with Crippen LogP contribution in [-0.2, 0) is 14.9 Å². The van der Waals surface area contributed by atoms with Crippen LogP contribution in [0.3, 0.4) is 0 Å². The number of hydrogen-bond donors (Lipinski definition) is 0. The molecule has 2 aromatic rings. The summed E-state index contributed by atoms with van der Waals surface area (Å²) in [5, 5.41) is 0.369. The summed E-state index contributed by atoms with van der Waals surface area (Å²) in [6, 6.07) is 12.7. The molecule has 0 bridgehead atoms. The Balaban J connectivity index is 1.74. The number of likely N-dealkylation sites (N-methyl/N-ethyl adjacent to an activating group) is 1. The standard InChI is InChI=1S/C21H19Cl2NO3/c1-21(2)15-8-4-5-10-17(15)24(3)18(21)11-13(25)12-27-20(26)14-7-6-9-16(22)19(14)23/h4-11H,12H2,1-3H3. The van der Waals surface area contributed by atoms with E-state index in [0.29, 0.717) is 0 Å². The predicted molar refractivity (Wildman–Crippen MR) is 108 cm³/mol. The highest BCUT2D eigenvalue weighted by Gasteiger charge is 2.38. The van der Waals surface area contributed by atoms with Crippen molar-refractivity contribution in [3.63, 3.8) is 0 Å². The Morgan fingerprint density at radius 3 is 2.52 bits per heavy atom. The average molecular weight is 404 g/mol. The summed E-state index contributed by atoms with van der Waals surface area (Å²) >= 11 is 11.9. The fourth-order valence-corrected chi connectivity index (χ4v) is 3.71. The maximum Gasteiger partial charge on any atom is 0.340 e. The van der Waals surface area contributed by atoms with E-state index in [0.717, 1.165) is 16.9 Å². The molecule has 1 heterocycles. The number of fused-ring (bicyclic) bond motifs is 1. The van der Waals surface area contributed by atoms with Crippen LogP contribution in [0.25, 0.3) is 0 Å². The number of halogens is 2. The van der Waals surface area contributed by atoms with E-state index >= 15 is 0 Å². The van der Waals surface area contributed by atoms with E-state index in [2.05, 4.69) is 19.9 Å². The van der Waals surface area contributed by atoms with Crippen molar-refractivity contribution in [2.24, 2.45) is 0 Å². The number of nitrogens with zero attached hydrogens (tertiary/aromatic N) is 1. The molecule has 0 unspecified atom stereocenters. The Hall–Kier alpha value is -2.30. The fourth-order valence-electron chi connectivity index (χ4n) is 3.33. The van der Waals surface area contributed by atoms with Crippen molar-refractivity contribution >= 4 is 40.6 Å². The normalized spacial score (nSPS) is 16.3. The number of carbonyl (C=O) groups excluding carboxylic acids is 2. The number of hydrogen-bond acceptors (Lipinski definition) is 4. The van der Waals surface area contributed by atoms with Gasteiger partial charge in [-0.1, -0.05) is 61.3 Å². The number of rotatable bonds is 4. The largest absolute Gasteiger partial charge is 0.454 e. The molecule has 4 nitrogen and oxygen atoms in total. The second-order valence-corrected chi connectivity index (χ2v) is 7.66. The molecule has 6 heteroatoms. The van der Waals surface area contributed by atoms with Crippen molar-refractivity contribution in [2.75, 3.05) is 18.6 Å². The molecule has 0 aromatic heterocycles. The maximum absolute atomic E-state index is 12.4. The first-order valence-electron chi connectivity index (χ1n) is 8.43. The molecule has 27 heavy (non-hydrogen) atoms. The number of anilines is 1. The summed E-state index contributed by atoms with van der Waals surface area (Å²) in [7, 11) is 1.92. The zero-order valence-electron chi connectivity index (χ0n) is 15.3. The van der Waals surface area contributed by atoms with E-state index in [1.54, 1.807) is 12.1 Å². The van der Waals surface area contributed by atoms with Crippen molar-refractivity contribution in [2.45, 2.75) is 19.3 Å². The number of carbonyl (C=O) groups is 2. The summed E-state index contributed by atoms with van der Waals surface area (Å²) < 4.78 is 5.12. The Bertz CT molecular complexity index is 950. The van der Waals surface area contributed by atoms with Gasteiger partial charge in [-0.05, 0) is 23.8 Å². The zero-order valence-corrected chi connectivity index (χ0v) is 16.8. The minimum Gasteiger partial charge on any atom is -0.454 e. The van der Waals surface area contributed by atoms with Crippen molar-refractivity contribution in [3.05, 3.63) is 75.4 Å². The molecular weight excluding hydrogens is 385 g/mol. The van der Waals surface area contributed by atoms with Gasteiger partial charge in [0.2, 0.25) is 0 Å². The molecule has 0 saturated carbocycles. The molecule has 140 valence electrons. The highest BCUT2D eigenvalue weighted by molar-refractivity contribution is 6.43. The van der Waals surface area contributed by atoms with Gasteiger partial charge in [-0.2, -0.15) is 0 Å². The van der Waals surface area contributed by atoms with Gasteiger partial charge in [-0.25, -0.2) is 4.79 Å². The van der Waals surface area contributed by atoms with E-state index in [4.69, 9.17) is 27.9 Å². The van der Waals surface area contributed by atoms with E-state index in [9.17, 15) is 9.59 Å². The molecule has 0 N–H and O–H groups in total. The van der Waals surface area contributed by atoms with Gasteiger partial charge in [0.1, 0.15) is 0 Å². The maximum atomic E-state index is 12.4. The van der Waals surface area contributed by atoms with Gasteiger partial charge in [0, 0.05) is 29.9 Å². The van der Waals surface area contributed by atoms with Gasteiger partial charge >= 0.3 is 5.97 Å². The molecule has 0 aliphatic carbocycles. The van der Waals surface area contributed by atoms with E-state index in [1.165, 1.54) is 12.1 Å². The molecule has 0 amide bonds. The van der Waals surface area contributed by atoms with Crippen molar-refractivity contribution in [3.8, 4) is 0 Å². The highest BCUT2D eigenvalue weighted by atomic mass is 35.5. The lowest BCUT2D eigenvalue weighted by atomic mass is 9.83. The lowest BCUT2D eigenvalue weighted by Gasteiger charge is -2.23.